The Morgan fingerprint density at radius 1 is 1.15 bits per heavy atom. The molecular formula is C11H19ClO. The first kappa shape index (κ1) is 12.7. The van der Waals surface area contributed by atoms with Gasteiger partial charge in [-0.1, -0.05) is 45.1 Å². The van der Waals surface area contributed by atoms with Crippen LogP contribution in [0, 0.1) is 0 Å². The first-order valence-electron chi connectivity index (χ1n) is 5.13. The van der Waals surface area contributed by atoms with Crippen LogP contribution in [0.15, 0.2) is 12.2 Å². The van der Waals surface area contributed by atoms with Gasteiger partial charge in [-0.25, -0.2) is 0 Å². The second-order valence-corrected chi connectivity index (χ2v) is 3.64. The molecule has 0 fully saturated rings. The van der Waals surface area contributed by atoms with Crippen LogP contribution in [0.1, 0.15) is 51.9 Å². The van der Waals surface area contributed by atoms with Gasteiger partial charge in [0.1, 0.15) is 0 Å². The van der Waals surface area contributed by atoms with E-state index in [0.29, 0.717) is 0 Å². The molecule has 1 nitrogen and oxygen atoms in total. The lowest BCUT2D eigenvalue weighted by atomic mass is 10.1. The Balaban J connectivity index is 3.03. The average molecular weight is 203 g/mol. The van der Waals surface area contributed by atoms with E-state index in [-0.39, 0.29) is 5.24 Å². The molecule has 0 unspecified atom stereocenters. The minimum Gasteiger partial charge on any atom is -0.276 e. The predicted octanol–water partition coefficient (Wildman–Crippen LogP) is 4.06. The zero-order chi connectivity index (χ0) is 9.94. The Bertz CT molecular complexity index is 152. The molecule has 0 aromatic rings. The molecule has 0 aliphatic carbocycles. The third kappa shape index (κ3) is 11.7. The highest BCUT2D eigenvalue weighted by molar-refractivity contribution is 6.66. The summed E-state index contributed by atoms with van der Waals surface area (Å²) in [5, 5.41) is -0.369. The summed E-state index contributed by atoms with van der Waals surface area (Å²) in [7, 11) is 0. The molecule has 0 atom stereocenters. The number of carbonyl (C=O) groups excluding carboxylic acids is 1. The average Bonchev–Trinajstić information content (AvgIpc) is 2.09. The summed E-state index contributed by atoms with van der Waals surface area (Å²) in [5.74, 6) is 0. The van der Waals surface area contributed by atoms with Gasteiger partial charge in [-0.15, -0.1) is 0 Å². The zero-order valence-electron chi connectivity index (χ0n) is 8.39. The normalized spacial score (nSPS) is 10.9. The fourth-order valence-corrected chi connectivity index (χ4v) is 1.31. The van der Waals surface area contributed by atoms with Crippen molar-refractivity contribution in [2.75, 3.05) is 0 Å². The fraction of sp³-hybridized carbons (Fsp3) is 0.727. The van der Waals surface area contributed by atoms with Crippen LogP contribution >= 0.6 is 11.6 Å². The Morgan fingerprint density at radius 3 is 2.38 bits per heavy atom. The van der Waals surface area contributed by atoms with Gasteiger partial charge >= 0.3 is 0 Å². The van der Waals surface area contributed by atoms with Gasteiger partial charge in [-0.05, 0) is 30.5 Å². The van der Waals surface area contributed by atoms with E-state index < -0.39 is 0 Å². The quantitative estimate of drug-likeness (QED) is 0.330. The maximum absolute atomic E-state index is 10.3. The second-order valence-electron chi connectivity index (χ2n) is 3.26. The van der Waals surface area contributed by atoms with Crippen LogP contribution in [0.5, 0.6) is 0 Å². The van der Waals surface area contributed by atoms with Crippen LogP contribution in [0.4, 0.5) is 0 Å². The van der Waals surface area contributed by atoms with Crippen molar-refractivity contribution in [3.63, 3.8) is 0 Å². The van der Waals surface area contributed by atoms with Crippen molar-refractivity contribution >= 4 is 16.8 Å². The van der Waals surface area contributed by atoms with E-state index in [0.717, 1.165) is 6.42 Å². The van der Waals surface area contributed by atoms with E-state index in [1.807, 2.05) is 6.08 Å². The van der Waals surface area contributed by atoms with Gasteiger partial charge in [0.25, 0.3) is 0 Å². The van der Waals surface area contributed by atoms with E-state index in [2.05, 4.69) is 6.92 Å². The number of rotatable bonds is 8. The Kier molecular flexibility index (Phi) is 9.56. The highest BCUT2D eigenvalue weighted by atomic mass is 35.5. The SMILES string of the molecule is CCCCCCCCC=CC(=O)Cl. The Morgan fingerprint density at radius 2 is 1.77 bits per heavy atom. The van der Waals surface area contributed by atoms with Gasteiger partial charge in [-0.2, -0.15) is 0 Å². The molecule has 0 aromatic heterocycles. The van der Waals surface area contributed by atoms with Gasteiger partial charge in [0.05, 0.1) is 0 Å². The summed E-state index contributed by atoms with van der Waals surface area (Å²) in [4.78, 5) is 10.3. The van der Waals surface area contributed by atoms with E-state index in [4.69, 9.17) is 11.6 Å². The Labute approximate surface area is 86.2 Å². The van der Waals surface area contributed by atoms with Crippen molar-refractivity contribution in [2.24, 2.45) is 0 Å². The lowest BCUT2D eigenvalue weighted by Gasteiger charge is -1.96. The van der Waals surface area contributed by atoms with Gasteiger partial charge in [0.15, 0.2) is 0 Å². The molecule has 0 rings (SSSR count). The van der Waals surface area contributed by atoms with E-state index in [9.17, 15) is 4.79 Å². The minimum atomic E-state index is -0.369. The standard InChI is InChI=1S/C11H19ClO/c1-2-3-4-5-6-7-8-9-10-11(12)13/h9-10H,2-8H2,1H3. The lowest BCUT2D eigenvalue weighted by Crippen LogP contribution is -1.79. The molecular weight excluding hydrogens is 184 g/mol. The van der Waals surface area contributed by atoms with Gasteiger partial charge in [0.2, 0.25) is 5.24 Å². The van der Waals surface area contributed by atoms with Crippen LogP contribution in [0.3, 0.4) is 0 Å². The number of hydrogen-bond donors (Lipinski definition) is 0. The lowest BCUT2D eigenvalue weighted by molar-refractivity contribution is -0.107. The number of allylic oxidation sites excluding steroid dienone is 2. The smallest absolute Gasteiger partial charge is 0.244 e. The largest absolute Gasteiger partial charge is 0.276 e. The van der Waals surface area contributed by atoms with Crippen molar-refractivity contribution in [3.8, 4) is 0 Å². The molecule has 0 saturated heterocycles. The molecule has 0 spiro atoms. The molecule has 0 amide bonds. The van der Waals surface area contributed by atoms with Crippen LogP contribution in [-0.4, -0.2) is 5.24 Å². The fourth-order valence-electron chi connectivity index (χ4n) is 1.22. The summed E-state index contributed by atoms with van der Waals surface area (Å²) < 4.78 is 0. The molecule has 0 heterocycles. The minimum absolute atomic E-state index is 0.369. The molecule has 0 N–H and O–H groups in total. The molecule has 0 bridgehead atoms. The monoisotopic (exact) mass is 202 g/mol. The third-order valence-corrected chi connectivity index (χ3v) is 2.10. The zero-order valence-corrected chi connectivity index (χ0v) is 9.15. The van der Waals surface area contributed by atoms with Crippen LogP contribution < -0.4 is 0 Å². The van der Waals surface area contributed by atoms with Crippen molar-refractivity contribution in [1.82, 2.24) is 0 Å². The Hall–Kier alpha value is -0.300. The van der Waals surface area contributed by atoms with E-state index in [1.165, 1.54) is 44.6 Å². The molecule has 0 aliphatic rings. The number of halogens is 1. The molecule has 0 aliphatic heterocycles. The van der Waals surface area contributed by atoms with Crippen LogP contribution in [0.2, 0.25) is 0 Å². The maximum atomic E-state index is 10.3. The molecule has 0 aromatic carbocycles. The van der Waals surface area contributed by atoms with Crippen molar-refractivity contribution in [2.45, 2.75) is 51.9 Å². The van der Waals surface area contributed by atoms with Crippen molar-refractivity contribution in [3.05, 3.63) is 12.2 Å². The first-order chi connectivity index (χ1) is 6.27. The van der Waals surface area contributed by atoms with Crippen LogP contribution in [-0.2, 0) is 4.79 Å². The maximum Gasteiger partial charge on any atom is 0.244 e. The second kappa shape index (κ2) is 9.79. The molecule has 13 heavy (non-hydrogen) atoms. The number of carbonyl (C=O) groups is 1. The number of unbranched alkanes of at least 4 members (excludes halogenated alkanes) is 6. The third-order valence-electron chi connectivity index (χ3n) is 1.97. The predicted molar refractivity (Wildman–Crippen MR) is 58.0 cm³/mol. The van der Waals surface area contributed by atoms with Gasteiger partial charge in [-0.3, -0.25) is 4.79 Å². The topological polar surface area (TPSA) is 17.1 Å². The highest BCUT2D eigenvalue weighted by Crippen LogP contribution is 2.07. The van der Waals surface area contributed by atoms with Crippen molar-refractivity contribution < 1.29 is 4.79 Å². The van der Waals surface area contributed by atoms with Gasteiger partial charge in [0, 0.05) is 0 Å². The summed E-state index contributed by atoms with van der Waals surface area (Å²) >= 11 is 5.13. The molecule has 0 saturated carbocycles. The van der Waals surface area contributed by atoms with Crippen molar-refractivity contribution in [1.29, 1.82) is 0 Å². The van der Waals surface area contributed by atoms with Crippen LogP contribution in [0.25, 0.3) is 0 Å². The summed E-state index contributed by atoms with van der Waals surface area (Å²) in [6, 6.07) is 0. The van der Waals surface area contributed by atoms with E-state index >= 15 is 0 Å². The summed E-state index contributed by atoms with van der Waals surface area (Å²) in [6.45, 7) is 2.22. The summed E-state index contributed by atoms with van der Waals surface area (Å²) in [6.07, 6.45) is 12.0. The molecule has 0 radical (unpaired) electrons. The highest BCUT2D eigenvalue weighted by Gasteiger charge is 1.88. The molecule has 2 heteroatoms. The first-order valence-corrected chi connectivity index (χ1v) is 5.51. The van der Waals surface area contributed by atoms with E-state index in [1.54, 1.807) is 0 Å². The summed E-state index contributed by atoms with van der Waals surface area (Å²) in [5.41, 5.74) is 0. The van der Waals surface area contributed by atoms with Gasteiger partial charge < -0.3 is 0 Å². The number of hydrogen-bond acceptors (Lipinski definition) is 1. The molecule has 76 valence electrons.